The highest BCUT2D eigenvalue weighted by molar-refractivity contribution is 5.53. The van der Waals surface area contributed by atoms with Crippen molar-refractivity contribution in [3.05, 3.63) is 29.2 Å². The van der Waals surface area contributed by atoms with Gasteiger partial charge in [-0.2, -0.15) is 0 Å². The van der Waals surface area contributed by atoms with Gasteiger partial charge in [0.05, 0.1) is 5.69 Å². The summed E-state index contributed by atoms with van der Waals surface area (Å²) in [5.74, 6) is 0. The zero-order chi connectivity index (χ0) is 8.97. The predicted octanol–water partition coefficient (Wildman–Crippen LogP) is 2.39. The summed E-state index contributed by atoms with van der Waals surface area (Å²) in [5.41, 5.74) is 1.16. The highest BCUT2D eigenvalue weighted by Crippen LogP contribution is 2.17. The number of diazo groups is 1. The summed E-state index contributed by atoms with van der Waals surface area (Å²) in [7, 11) is 0. The molecule has 1 aromatic rings. The molecule has 1 N–H and O–H groups in total. The molecule has 62 valence electrons. The van der Waals surface area contributed by atoms with Gasteiger partial charge in [0.2, 0.25) is 5.39 Å². The number of nitrogens with zero attached hydrogens (tertiary/aromatic N) is 3. The summed E-state index contributed by atoms with van der Waals surface area (Å²) in [4.78, 5) is 3.00. The third-order valence-electron chi connectivity index (χ3n) is 1.56. The van der Waals surface area contributed by atoms with E-state index in [4.69, 9.17) is 5.39 Å². The SMILES string of the molecule is CCN(O)c1ccc([N+]#N)cc1. The normalized spacial score (nSPS) is 9.08. The highest BCUT2D eigenvalue weighted by atomic mass is 16.5. The molecule has 0 atom stereocenters. The van der Waals surface area contributed by atoms with Crippen LogP contribution in [0.2, 0.25) is 0 Å². The first-order chi connectivity index (χ1) is 5.77. The monoisotopic (exact) mass is 164 g/mol. The molecule has 0 radical (unpaired) electrons. The van der Waals surface area contributed by atoms with Crippen LogP contribution in [0.3, 0.4) is 0 Å². The van der Waals surface area contributed by atoms with E-state index in [1.54, 1.807) is 24.3 Å². The Morgan fingerprint density at radius 1 is 1.42 bits per heavy atom. The maximum absolute atomic E-state index is 9.23. The van der Waals surface area contributed by atoms with Gasteiger partial charge in [-0.3, -0.25) is 10.3 Å². The summed E-state index contributed by atoms with van der Waals surface area (Å²) in [5, 5.41) is 18.7. The van der Waals surface area contributed by atoms with Crippen molar-refractivity contribution in [2.45, 2.75) is 6.92 Å². The standard InChI is InChI=1S/C8H10N3O/c1-2-11(12)8-5-3-7(10-9)4-6-8/h3-6,12H,2H2,1H3/q+1. The van der Waals surface area contributed by atoms with Crippen LogP contribution in [0.25, 0.3) is 4.98 Å². The molecule has 12 heavy (non-hydrogen) atoms. The van der Waals surface area contributed by atoms with Crippen molar-refractivity contribution in [1.29, 1.82) is 5.39 Å². The molecule has 0 amide bonds. The van der Waals surface area contributed by atoms with Crippen molar-refractivity contribution in [3.63, 3.8) is 0 Å². The molecule has 0 aliphatic rings. The van der Waals surface area contributed by atoms with E-state index in [0.29, 0.717) is 17.9 Å². The van der Waals surface area contributed by atoms with Crippen LogP contribution in [0.4, 0.5) is 11.4 Å². The van der Waals surface area contributed by atoms with Gasteiger partial charge in [-0.1, -0.05) is 0 Å². The Hall–Kier alpha value is -1.60. The molecule has 0 saturated heterocycles. The fourth-order valence-corrected chi connectivity index (χ4v) is 0.874. The largest absolute Gasteiger partial charge is 0.385 e. The molecule has 1 rings (SSSR count). The van der Waals surface area contributed by atoms with E-state index in [1.165, 1.54) is 0 Å². The fourth-order valence-electron chi connectivity index (χ4n) is 0.874. The second-order valence-electron chi connectivity index (χ2n) is 2.33. The first-order valence-corrected chi connectivity index (χ1v) is 3.69. The summed E-state index contributed by atoms with van der Waals surface area (Å²) in [6, 6.07) is 6.60. The summed E-state index contributed by atoms with van der Waals surface area (Å²) in [6.07, 6.45) is 0. The first-order valence-electron chi connectivity index (χ1n) is 3.69. The number of hydroxylamine groups is 1. The van der Waals surface area contributed by atoms with Gasteiger partial charge in [0.25, 0.3) is 0 Å². The maximum Gasteiger partial charge on any atom is 0.385 e. The lowest BCUT2D eigenvalue weighted by atomic mass is 10.3. The zero-order valence-electron chi connectivity index (χ0n) is 6.81. The van der Waals surface area contributed by atoms with Crippen LogP contribution in [-0.2, 0) is 0 Å². The van der Waals surface area contributed by atoms with Gasteiger partial charge in [0, 0.05) is 18.7 Å². The Morgan fingerprint density at radius 3 is 2.42 bits per heavy atom. The Bertz CT molecular complexity index is 288. The van der Waals surface area contributed by atoms with Crippen LogP contribution in [-0.4, -0.2) is 11.8 Å². The topological polar surface area (TPSA) is 51.6 Å². The van der Waals surface area contributed by atoms with Crippen molar-refractivity contribution in [3.8, 4) is 0 Å². The molecular formula is C8H10N3O+. The Kier molecular flexibility index (Phi) is 2.62. The minimum Gasteiger partial charge on any atom is -0.288 e. The molecule has 4 heteroatoms. The van der Waals surface area contributed by atoms with E-state index in [2.05, 4.69) is 4.98 Å². The molecule has 0 aromatic heterocycles. The average molecular weight is 164 g/mol. The maximum atomic E-state index is 9.23. The van der Waals surface area contributed by atoms with Gasteiger partial charge in [-0.05, 0) is 19.1 Å². The van der Waals surface area contributed by atoms with Crippen LogP contribution < -0.4 is 5.06 Å². The van der Waals surface area contributed by atoms with Crippen molar-refractivity contribution < 1.29 is 5.21 Å². The van der Waals surface area contributed by atoms with Crippen LogP contribution in [0.1, 0.15) is 6.92 Å². The number of anilines is 1. The smallest absolute Gasteiger partial charge is 0.288 e. The summed E-state index contributed by atoms with van der Waals surface area (Å²) >= 11 is 0. The Balaban J connectivity index is 2.86. The van der Waals surface area contributed by atoms with Crippen molar-refractivity contribution in [2.24, 2.45) is 0 Å². The first kappa shape index (κ1) is 8.50. The molecule has 1 aromatic carbocycles. The molecule has 0 heterocycles. The van der Waals surface area contributed by atoms with E-state index in [0.717, 1.165) is 5.06 Å². The lowest BCUT2D eigenvalue weighted by molar-refractivity contribution is 0.260. The Morgan fingerprint density at radius 2 is 2.00 bits per heavy atom. The van der Waals surface area contributed by atoms with E-state index in [1.807, 2.05) is 6.92 Å². The molecule has 0 aliphatic heterocycles. The predicted molar refractivity (Wildman–Crippen MR) is 46.0 cm³/mol. The van der Waals surface area contributed by atoms with Gasteiger partial charge in [0.15, 0.2) is 4.98 Å². The van der Waals surface area contributed by atoms with E-state index in [-0.39, 0.29) is 0 Å². The minimum absolute atomic E-state index is 0.475. The number of rotatable bonds is 2. The van der Waals surface area contributed by atoms with E-state index < -0.39 is 0 Å². The molecule has 4 nitrogen and oxygen atoms in total. The molecular weight excluding hydrogens is 154 g/mol. The fraction of sp³-hybridized carbons (Fsp3) is 0.250. The van der Waals surface area contributed by atoms with Gasteiger partial charge in [0.1, 0.15) is 0 Å². The quantitative estimate of drug-likeness (QED) is 0.539. The lowest BCUT2D eigenvalue weighted by Crippen LogP contribution is -2.16. The van der Waals surface area contributed by atoms with Crippen LogP contribution in [0.5, 0.6) is 0 Å². The molecule has 0 saturated carbocycles. The average Bonchev–Trinajstić information content (AvgIpc) is 2.17. The molecule has 0 fully saturated rings. The molecule has 0 unspecified atom stereocenters. The molecule has 0 spiro atoms. The summed E-state index contributed by atoms with van der Waals surface area (Å²) < 4.78 is 0. The van der Waals surface area contributed by atoms with Crippen LogP contribution in [0.15, 0.2) is 24.3 Å². The van der Waals surface area contributed by atoms with E-state index >= 15 is 0 Å². The lowest BCUT2D eigenvalue weighted by Gasteiger charge is -2.12. The van der Waals surface area contributed by atoms with Gasteiger partial charge >= 0.3 is 5.69 Å². The number of hydrogen-bond acceptors (Lipinski definition) is 3. The molecule has 0 bridgehead atoms. The van der Waals surface area contributed by atoms with E-state index in [9.17, 15) is 5.21 Å². The minimum atomic E-state index is 0.475. The van der Waals surface area contributed by atoms with Gasteiger partial charge < -0.3 is 0 Å². The van der Waals surface area contributed by atoms with Gasteiger partial charge in [-0.15, -0.1) is 0 Å². The summed E-state index contributed by atoms with van der Waals surface area (Å²) in [6.45, 7) is 2.36. The Labute approximate surface area is 70.6 Å². The third-order valence-corrected chi connectivity index (χ3v) is 1.56. The highest BCUT2D eigenvalue weighted by Gasteiger charge is 2.04. The number of hydrogen-bond donors (Lipinski definition) is 1. The van der Waals surface area contributed by atoms with Crippen LogP contribution >= 0.6 is 0 Å². The van der Waals surface area contributed by atoms with Crippen molar-refractivity contribution in [2.75, 3.05) is 11.6 Å². The van der Waals surface area contributed by atoms with Crippen molar-refractivity contribution >= 4 is 11.4 Å². The van der Waals surface area contributed by atoms with Crippen LogP contribution in [0, 0.1) is 5.39 Å². The third kappa shape index (κ3) is 1.71. The second-order valence-corrected chi connectivity index (χ2v) is 2.33. The molecule has 0 aliphatic carbocycles. The van der Waals surface area contributed by atoms with Crippen molar-refractivity contribution in [1.82, 2.24) is 0 Å². The van der Waals surface area contributed by atoms with Gasteiger partial charge in [-0.25, -0.2) is 0 Å². The second kappa shape index (κ2) is 3.69. The number of benzene rings is 1. The zero-order valence-corrected chi connectivity index (χ0v) is 6.81.